The summed E-state index contributed by atoms with van der Waals surface area (Å²) in [5.74, 6) is -0.299. The Labute approximate surface area is 93.5 Å². The van der Waals surface area contributed by atoms with Crippen LogP contribution >= 0.6 is 24.8 Å². The normalized spacial score (nSPS) is 12.2. The summed E-state index contributed by atoms with van der Waals surface area (Å²) in [5.41, 5.74) is 0.751. The number of aromatic nitrogens is 1. The third-order valence-corrected chi connectivity index (χ3v) is 2.40. The van der Waals surface area contributed by atoms with Gasteiger partial charge in [-0.1, -0.05) is 12.2 Å². The molecule has 1 aromatic heterocycles. The van der Waals surface area contributed by atoms with E-state index in [0.29, 0.717) is 4.20 Å². The number of hydrogen-bond acceptors (Lipinski definition) is 3. The fourth-order valence-corrected chi connectivity index (χ4v) is 1.56. The molecule has 1 aromatic rings. The van der Waals surface area contributed by atoms with Gasteiger partial charge in [0.2, 0.25) is 0 Å². The van der Waals surface area contributed by atoms with Gasteiger partial charge in [-0.2, -0.15) is 0 Å². The van der Waals surface area contributed by atoms with E-state index in [1.54, 1.807) is 17.7 Å². The minimum absolute atomic E-state index is 0.299. The van der Waals surface area contributed by atoms with Crippen molar-refractivity contribution in [2.45, 2.75) is 13.0 Å². The number of thiol groups is 1. The highest BCUT2D eigenvalue weighted by Crippen LogP contribution is 2.15. The topological polar surface area (TPSA) is 31.2 Å². The lowest BCUT2D eigenvalue weighted by Gasteiger charge is -2.14. The van der Waals surface area contributed by atoms with Gasteiger partial charge in [0, 0.05) is 6.20 Å². The zero-order chi connectivity index (χ0) is 10.7. The van der Waals surface area contributed by atoms with E-state index in [-0.39, 0.29) is 12.0 Å². The first kappa shape index (κ1) is 11.3. The first-order valence-corrected chi connectivity index (χ1v) is 4.91. The van der Waals surface area contributed by atoms with Crippen LogP contribution in [0.4, 0.5) is 0 Å². The van der Waals surface area contributed by atoms with Crippen molar-refractivity contribution >= 4 is 35.0 Å². The van der Waals surface area contributed by atoms with Crippen molar-refractivity contribution in [1.82, 2.24) is 4.57 Å². The molecule has 0 saturated carbocycles. The molecule has 1 atom stereocenters. The number of ether oxygens (including phenoxy) is 1. The second-order valence-electron chi connectivity index (χ2n) is 2.80. The summed E-state index contributed by atoms with van der Waals surface area (Å²) in [7, 11) is 1.36. The van der Waals surface area contributed by atoms with Crippen molar-refractivity contribution < 1.29 is 9.53 Å². The second-order valence-corrected chi connectivity index (χ2v) is 3.96. The molecule has 0 bridgehead atoms. The van der Waals surface area contributed by atoms with E-state index in [1.165, 1.54) is 7.11 Å². The first-order valence-electron chi connectivity index (χ1n) is 4.06. The third-order valence-electron chi connectivity index (χ3n) is 1.96. The van der Waals surface area contributed by atoms with Crippen LogP contribution in [0.1, 0.15) is 18.7 Å². The maximum atomic E-state index is 11.3. The van der Waals surface area contributed by atoms with Crippen LogP contribution in [0.3, 0.4) is 0 Å². The molecule has 0 fully saturated rings. The van der Waals surface area contributed by atoms with Crippen LogP contribution in [-0.4, -0.2) is 21.8 Å². The van der Waals surface area contributed by atoms with Crippen molar-refractivity contribution in [1.29, 1.82) is 0 Å². The van der Waals surface area contributed by atoms with E-state index in [4.69, 9.17) is 12.2 Å². The van der Waals surface area contributed by atoms with Gasteiger partial charge in [-0.3, -0.25) is 0 Å². The van der Waals surface area contributed by atoms with Crippen LogP contribution in [0.5, 0.6) is 0 Å². The molecule has 0 aliphatic rings. The molecule has 0 aliphatic heterocycles. The highest BCUT2D eigenvalue weighted by atomic mass is 32.1. The number of hydrogen-bond donors (Lipinski definition) is 1. The molecule has 0 aliphatic carbocycles. The molecule has 0 aromatic carbocycles. The van der Waals surface area contributed by atoms with Gasteiger partial charge in [-0.15, -0.1) is 12.6 Å². The molecule has 76 valence electrons. The number of rotatable bonds is 3. The van der Waals surface area contributed by atoms with Crippen molar-refractivity contribution in [2.24, 2.45) is 0 Å². The quantitative estimate of drug-likeness (QED) is 0.487. The largest absolute Gasteiger partial charge is 0.467 e. The van der Waals surface area contributed by atoms with Gasteiger partial charge < -0.3 is 9.30 Å². The van der Waals surface area contributed by atoms with Crippen LogP contribution in [0.15, 0.2) is 18.3 Å². The molecule has 0 radical (unpaired) electrons. The van der Waals surface area contributed by atoms with Gasteiger partial charge >= 0.3 is 5.97 Å². The number of esters is 1. The number of nitrogens with zero attached hydrogens (tertiary/aromatic N) is 1. The van der Waals surface area contributed by atoms with E-state index in [0.717, 1.165) is 5.69 Å². The molecule has 5 heteroatoms. The summed E-state index contributed by atoms with van der Waals surface area (Å²) in [5, 5.41) is 0. The second kappa shape index (κ2) is 4.61. The summed E-state index contributed by atoms with van der Waals surface area (Å²) in [6.07, 6.45) is 1.78. The Kier molecular flexibility index (Phi) is 3.71. The average molecular weight is 229 g/mol. The van der Waals surface area contributed by atoms with Crippen molar-refractivity contribution in [3.8, 4) is 0 Å². The van der Waals surface area contributed by atoms with Gasteiger partial charge in [-0.25, -0.2) is 4.79 Å². The Morgan fingerprint density at radius 1 is 1.71 bits per heavy atom. The minimum Gasteiger partial charge on any atom is -0.467 e. The Hall–Kier alpha value is -0.810. The molecule has 0 amide bonds. The minimum atomic E-state index is -0.380. The molecule has 0 N–H and O–H groups in total. The average Bonchev–Trinajstić information content (AvgIpc) is 2.63. The van der Waals surface area contributed by atoms with Crippen molar-refractivity contribution in [2.75, 3.05) is 7.11 Å². The van der Waals surface area contributed by atoms with Gasteiger partial charge in [0.15, 0.2) is 0 Å². The van der Waals surface area contributed by atoms with Crippen LogP contribution < -0.4 is 0 Å². The van der Waals surface area contributed by atoms with E-state index in [2.05, 4.69) is 17.4 Å². The van der Waals surface area contributed by atoms with Crippen molar-refractivity contribution in [3.05, 3.63) is 24.0 Å². The zero-order valence-electron chi connectivity index (χ0n) is 7.93. The van der Waals surface area contributed by atoms with E-state index in [9.17, 15) is 4.79 Å². The molecular formula is C9H11NO2S2. The predicted octanol–water partition coefficient (Wildman–Crippen LogP) is 1.83. The zero-order valence-corrected chi connectivity index (χ0v) is 9.64. The van der Waals surface area contributed by atoms with E-state index < -0.39 is 0 Å². The van der Waals surface area contributed by atoms with E-state index in [1.807, 2.05) is 12.1 Å². The van der Waals surface area contributed by atoms with Gasteiger partial charge in [-0.05, 0) is 19.1 Å². The molecule has 3 nitrogen and oxygen atoms in total. The molecule has 1 heterocycles. The number of carbonyl (C=O) groups is 1. The lowest BCUT2D eigenvalue weighted by Crippen LogP contribution is -2.19. The Morgan fingerprint density at radius 2 is 2.36 bits per heavy atom. The Bertz CT molecular complexity index is 359. The lowest BCUT2D eigenvalue weighted by molar-refractivity contribution is -0.144. The highest BCUT2D eigenvalue weighted by molar-refractivity contribution is 8.11. The van der Waals surface area contributed by atoms with Gasteiger partial charge in [0.25, 0.3) is 0 Å². The van der Waals surface area contributed by atoms with Gasteiger partial charge in [0.05, 0.1) is 17.0 Å². The maximum Gasteiger partial charge on any atom is 0.328 e. The molecule has 14 heavy (non-hydrogen) atoms. The molecule has 0 spiro atoms. The maximum absolute atomic E-state index is 11.3. The summed E-state index contributed by atoms with van der Waals surface area (Å²) in [4.78, 5) is 11.3. The van der Waals surface area contributed by atoms with Crippen LogP contribution in [0.2, 0.25) is 0 Å². The SMILES string of the molecule is COC(=O)C(C)n1cccc1C(=S)S. The fraction of sp³-hybridized carbons (Fsp3) is 0.333. The standard InChI is InChI=1S/C9H11NO2S2/c1-6(8(11)12-2)10-5-3-4-7(10)9(13)14/h3-6H,1-2H3,(H,13,14). The van der Waals surface area contributed by atoms with Crippen LogP contribution in [0, 0.1) is 0 Å². The van der Waals surface area contributed by atoms with Gasteiger partial charge in [0.1, 0.15) is 6.04 Å². The Balaban J connectivity index is 3.00. The van der Waals surface area contributed by atoms with E-state index >= 15 is 0 Å². The fourth-order valence-electron chi connectivity index (χ4n) is 1.20. The summed E-state index contributed by atoms with van der Waals surface area (Å²) in [6, 6.07) is 3.25. The predicted molar refractivity (Wildman–Crippen MR) is 61.8 cm³/mol. The lowest BCUT2D eigenvalue weighted by atomic mass is 10.3. The highest BCUT2D eigenvalue weighted by Gasteiger charge is 2.17. The van der Waals surface area contributed by atoms with Crippen LogP contribution in [-0.2, 0) is 9.53 Å². The number of carbonyl (C=O) groups excluding carboxylic acids is 1. The summed E-state index contributed by atoms with van der Waals surface area (Å²) < 4.78 is 6.84. The smallest absolute Gasteiger partial charge is 0.328 e. The molecule has 1 unspecified atom stereocenters. The van der Waals surface area contributed by atoms with Crippen LogP contribution in [0.25, 0.3) is 0 Å². The molecular weight excluding hydrogens is 218 g/mol. The molecule has 0 saturated heterocycles. The summed E-state index contributed by atoms with van der Waals surface area (Å²) in [6.45, 7) is 1.75. The molecule has 1 rings (SSSR count). The first-order chi connectivity index (χ1) is 6.57. The number of methoxy groups -OCH3 is 1. The Morgan fingerprint density at radius 3 is 2.86 bits per heavy atom. The third kappa shape index (κ3) is 2.16. The number of thiocarbonyl (C=S) groups is 1. The summed E-state index contributed by atoms with van der Waals surface area (Å²) >= 11 is 9.01. The van der Waals surface area contributed by atoms with Crippen molar-refractivity contribution in [3.63, 3.8) is 0 Å². The monoisotopic (exact) mass is 229 g/mol.